The van der Waals surface area contributed by atoms with Gasteiger partial charge in [0.2, 0.25) is 0 Å². The first-order valence-electron chi connectivity index (χ1n) is 4.66. The van der Waals surface area contributed by atoms with Gasteiger partial charge in [-0.2, -0.15) is 0 Å². The zero-order valence-electron chi connectivity index (χ0n) is 8.22. The van der Waals surface area contributed by atoms with E-state index in [1.807, 2.05) is 6.92 Å². The highest BCUT2D eigenvalue weighted by molar-refractivity contribution is 6.01. The average Bonchev–Trinajstić information content (AvgIpc) is 2.04. The number of rotatable bonds is 6. The molecule has 0 aliphatic heterocycles. The van der Waals surface area contributed by atoms with Crippen LogP contribution in [-0.2, 0) is 9.59 Å². The van der Waals surface area contributed by atoms with Crippen LogP contribution in [0.15, 0.2) is 0 Å². The maximum atomic E-state index is 11.2. The van der Waals surface area contributed by atoms with E-state index in [9.17, 15) is 9.59 Å². The van der Waals surface area contributed by atoms with Gasteiger partial charge in [0.1, 0.15) is 11.6 Å². The van der Waals surface area contributed by atoms with Crippen molar-refractivity contribution in [3.05, 3.63) is 0 Å². The Bertz CT molecular complexity index is 161. The molecule has 1 atom stereocenters. The normalized spacial score (nSPS) is 12.6. The second-order valence-electron chi connectivity index (χ2n) is 3.13. The van der Waals surface area contributed by atoms with E-state index in [0.29, 0.717) is 6.42 Å². The second-order valence-corrected chi connectivity index (χ2v) is 3.13. The molecule has 70 valence electrons. The summed E-state index contributed by atoms with van der Waals surface area (Å²) in [4.78, 5) is 22.3. The van der Waals surface area contributed by atoms with Gasteiger partial charge in [0, 0.05) is 6.42 Å². The molecule has 0 aromatic heterocycles. The minimum absolute atomic E-state index is 0.0234. The number of carbonyl (C=O) groups is 2. The Morgan fingerprint density at radius 3 is 2.17 bits per heavy atom. The van der Waals surface area contributed by atoms with Crippen LogP contribution < -0.4 is 0 Å². The van der Waals surface area contributed by atoms with Gasteiger partial charge >= 0.3 is 0 Å². The average molecular weight is 170 g/mol. The molecule has 2 heteroatoms. The third kappa shape index (κ3) is 3.65. The molecule has 0 N–H and O–H groups in total. The summed E-state index contributed by atoms with van der Waals surface area (Å²) in [6.07, 6.45) is 3.23. The molecule has 12 heavy (non-hydrogen) atoms. The molecule has 0 fully saturated rings. The monoisotopic (exact) mass is 170 g/mol. The lowest BCUT2D eigenvalue weighted by Gasteiger charge is -2.09. The standard InChI is InChI=1S/C10H18O2/c1-4-6-7-9(8(3)11)10(12)5-2/h9H,4-7H2,1-3H3/t9-/m1/s1. The molecule has 0 spiro atoms. The third-order valence-corrected chi connectivity index (χ3v) is 2.07. The molecule has 0 saturated carbocycles. The summed E-state index contributed by atoms with van der Waals surface area (Å²) in [5.41, 5.74) is 0. The summed E-state index contributed by atoms with van der Waals surface area (Å²) < 4.78 is 0. The Morgan fingerprint density at radius 2 is 1.83 bits per heavy atom. The molecule has 0 bridgehead atoms. The summed E-state index contributed by atoms with van der Waals surface area (Å²) in [7, 11) is 0. The lowest BCUT2D eigenvalue weighted by Crippen LogP contribution is -2.21. The largest absolute Gasteiger partial charge is 0.299 e. The first-order valence-corrected chi connectivity index (χ1v) is 4.66. The Hall–Kier alpha value is -0.660. The van der Waals surface area contributed by atoms with Gasteiger partial charge in [-0.3, -0.25) is 9.59 Å². The van der Waals surface area contributed by atoms with E-state index in [-0.39, 0.29) is 17.5 Å². The summed E-state index contributed by atoms with van der Waals surface area (Å²) in [5, 5.41) is 0. The van der Waals surface area contributed by atoms with Crippen LogP contribution in [0.4, 0.5) is 0 Å². The molecular formula is C10H18O2. The van der Waals surface area contributed by atoms with E-state index in [0.717, 1.165) is 19.3 Å². The van der Waals surface area contributed by atoms with Crippen LogP contribution in [0.1, 0.15) is 46.5 Å². The number of ketones is 2. The lowest BCUT2D eigenvalue weighted by molar-refractivity contribution is -0.131. The molecular weight excluding hydrogens is 152 g/mol. The summed E-state index contributed by atoms with van der Waals surface area (Å²) in [5.74, 6) is -0.207. The van der Waals surface area contributed by atoms with Crippen molar-refractivity contribution >= 4 is 11.6 Å². The number of unbranched alkanes of at least 4 members (excludes halogenated alkanes) is 1. The molecule has 0 aliphatic rings. The van der Waals surface area contributed by atoms with Crippen LogP contribution in [0.3, 0.4) is 0 Å². The molecule has 0 saturated heterocycles. The van der Waals surface area contributed by atoms with Gasteiger partial charge in [0.25, 0.3) is 0 Å². The fourth-order valence-electron chi connectivity index (χ4n) is 1.25. The van der Waals surface area contributed by atoms with Crippen molar-refractivity contribution in [2.45, 2.75) is 46.5 Å². The Morgan fingerprint density at radius 1 is 1.25 bits per heavy atom. The van der Waals surface area contributed by atoms with Gasteiger partial charge in [0.05, 0.1) is 5.92 Å². The molecule has 0 radical (unpaired) electrons. The van der Waals surface area contributed by atoms with Gasteiger partial charge in [0.15, 0.2) is 0 Å². The number of carbonyl (C=O) groups excluding carboxylic acids is 2. The van der Waals surface area contributed by atoms with Crippen LogP contribution in [-0.4, -0.2) is 11.6 Å². The minimum Gasteiger partial charge on any atom is -0.299 e. The number of hydrogen-bond donors (Lipinski definition) is 0. The van der Waals surface area contributed by atoms with Gasteiger partial charge in [-0.1, -0.05) is 26.7 Å². The zero-order chi connectivity index (χ0) is 9.56. The van der Waals surface area contributed by atoms with Crippen molar-refractivity contribution in [2.75, 3.05) is 0 Å². The van der Waals surface area contributed by atoms with Crippen molar-refractivity contribution < 1.29 is 9.59 Å². The Labute approximate surface area is 74.3 Å². The van der Waals surface area contributed by atoms with E-state index in [1.165, 1.54) is 6.92 Å². The van der Waals surface area contributed by atoms with E-state index in [1.54, 1.807) is 0 Å². The van der Waals surface area contributed by atoms with Gasteiger partial charge in [-0.25, -0.2) is 0 Å². The SMILES string of the molecule is CCCC[C@H](C(C)=O)C(=O)CC. The minimum atomic E-state index is -0.324. The molecule has 0 heterocycles. The molecule has 0 aromatic carbocycles. The fraction of sp³-hybridized carbons (Fsp3) is 0.800. The van der Waals surface area contributed by atoms with Crippen LogP contribution in [0.25, 0.3) is 0 Å². The van der Waals surface area contributed by atoms with Crippen molar-refractivity contribution in [1.82, 2.24) is 0 Å². The highest BCUT2D eigenvalue weighted by Gasteiger charge is 2.20. The second kappa shape index (κ2) is 5.92. The van der Waals surface area contributed by atoms with E-state index in [2.05, 4.69) is 6.92 Å². The van der Waals surface area contributed by atoms with Crippen molar-refractivity contribution in [3.63, 3.8) is 0 Å². The van der Waals surface area contributed by atoms with Crippen LogP contribution in [0.5, 0.6) is 0 Å². The predicted octanol–water partition coefficient (Wildman–Crippen LogP) is 2.36. The summed E-state index contributed by atoms with van der Waals surface area (Å²) in [6, 6.07) is 0. The fourth-order valence-corrected chi connectivity index (χ4v) is 1.25. The first kappa shape index (κ1) is 11.3. The van der Waals surface area contributed by atoms with Gasteiger partial charge in [-0.15, -0.1) is 0 Å². The topological polar surface area (TPSA) is 34.1 Å². The van der Waals surface area contributed by atoms with Crippen LogP contribution in [0, 0.1) is 5.92 Å². The van der Waals surface area contributed by atoms with Crippen molar-refractivity contribution in [3.8, 4) is 0 Å². The van der Waals surface area contributed by atoms with Crippen molar-refractivity contribution in [1.29, 1.82) is 0 Å². The highest BCUT2D eigenvalue weighted by Crippen LogP contribution is 2.12. The molecule has 0 rings (SSSR count). The number of Topliss-reactive ketones (excluding diaryl/α,β-unsaturated/α-hetero) is 2. The highest BCUT2D eigenvalue weighted by atomic mass is 16.1. The van der Waals surface area contributed by atoms with Gasteiger partial charge in [-0.05, 0) is 13.3 Å². The molecule has 0 aromatic rings. The zero-order valence-corrected chi connectivity index (χ0v) is 8.22. The Balaban J connectivity index is 4.04. The van der Waals surface area contributed by atoms with Crippen molar-refractivity contribution in [2.24, 2.45) is 5.92 Å². The maximum Gasteiger partial charge on any atom is 0.143 e. The molecule has 0 unspecified atom stereocenters. The van der Waals surface area contributed by atoms with Crippen LogP contribution >= 0.6 is 0 Å². The molecule has 2 nitrogen and oxygen atoms in total. The van der Waals surface area contributed by atoms with Crippen LogP contribution in [0.2, 0.25) is 0 Å². The van der Waals surface area contributed by atoms with E-state index in [4.69, 9.17) is 0 Å². The van der Waals surface area contributed by atoms with E-state index >= 15 is 0 Å². The quantitative estimate of drug-likeness (QED) is 0.573. The first-order chi connectivity index (χ1) is 5.63. The van der Waals surface area contributed by atoms with E-state index < -0.39 is 0 Å². The predicted molar refractivity (Wildman–Crippen MR) is 49.0 cm³/mol. The summed E-state index contributed by atoms with van der Waals surface area (Å²) >= 11 is 0. The third-order valence-electron chi connectivity index (χ3n) is 2.07. The smallest absolute Gasteiger partial charge is 0.143 e. The summed E-state index contributed by atoms with van der Waals surface area (Å²) in [6.45, 7) is 5.38. The number of hydrogen-bond acceptors (Lipinski definition) is 2. The maximum absolute atomic E-state index is 11.2. The molecule has 0 aliphatic carbocycles. The molecule has 0 amide bonds. The van der Waals surface area contributed by atoms with Gasteiger partial charge < -0.3 is 0 Å². The lowest BCUT2D eigenvalue weighted by atomic mass is 9.92. The Kier molecular flexibility index (Phi) is 5.60.